The summed E-state index contributed by atoms with van der Waals surface area (Å²) in [5.74, 6) is -2.55. The van der Waals surface area contributed by atoms with E-state index < -0.39 is 35.0 Å². The Morgan fingerprint density at radius 3 is 2.63 bits per heavy atom. The molecule has 1 N–H and O–H groups in total. The monoisotopic (exact) mass is 566 g/mol. The number of nitrogens with zero attached hydrogens (tertiary/aromatic N) is 2. The largest absolute Gasteiger partial charge is 0.465 e. The molecule has 3 heterocycles. The Bertz CT molecular complexity index is 1180. The van der Waals surface area contributed by atoms with Crippen LogP contribution < -0.4 is 4.90 Å². The summed E-state index contributed by atoms with van der Waals surface area (Å²) in [6.45, 7) is 16.4. The van der Waals surface area contributed by atoms with Gasteiger partial charge in [-0.3, -0.25) is 14.4 Å². The molecule has 8 heteroatoms. The van der Waals surface area contributed by atoms with Gasteiger partial charge < -0.3 is 24.4 Å². The van der Waals surface area contributed by atoms with E-state index in [1.807, 2.05) is 45.9 Å². The highest BCUT2D eigenvalue weighted by molar-refractivity contribution is 6.05. The lowest BCUT2D eigenvalue weighted by Gasteiger charge is -2.37. The van der Waals surface area contributed by atoms with Crippen LogP contribution in [0.15, 0.2) is 43.5 Å². The number of ether oxygens (including phenoxy) is 2. The predicted octanol–water partition coefficient (Wildman–Crippen LogP) is 4.51. The molecule has 0 saturated carbocycles. The lowest BCUT2D eigenvalue weighted by molar-refractivity contribution is -0.161. The molecule has 3 saturated heterocycles. The maximum Gasteiger partial charge on any atom is 0.312 e. The quantitative estimate of drug-likeness (QED) is 0.202. The number of esters is 1. The summed E-state index contributed by atoms with van der Waals surface area (Å²) in [7, 11) is 0. The van der Waals surface area contributed by atoms with Crippen molar-refractivity contribution in [1.82, 2.24) is 4.90 Å². The van der Waals surface area contributed by atoms with Gasteiger partial charge in [0.2, 0.25) is 5.91 Å². The van der Waals surface area contributed by atoms with Crippen LogP contribution in [0.25, 0.3) is 0 Å². The van der Waals surface area contributed by atoms with Gasteiger partial charge in [0, 0.05) is 25.4 Å². The van der Waals surface area contributed by atoms with Gasteiger partial charge in [0.25, 0.3) is 5.91 Å². The number of aliphatic hydroxyl groups is 1. The Morgan fingerprint density at radius 2 is 1.95 bits per heavy atom. The van der Waals surface area contributed by atoms with Crippen LogP contribution in [-0.2, 0) is 23.9 Å². The molecule has 1 spiro atoms. The molecule has 1 aromatic rings. The number of rotatable bonds is 14. The fourth-order valence-electron chi connectivity index (χ4n) is 7.27. The number of aliphatic hydroxyl groups excluding tert-OH is 1. The average Bonchev–Trinajstić information content (AvgIpc) is 3.45. The second-order valence-corrected chi connectivity index (χ2v) is 12.1. The molecule has 3 fully saturated rings. The number of hydrogen-bond donors (Lipinski definition) is 1. The first-order chi connectivity index (χ1) is 19.6. The van der Waals surface area contributed by atoms with Crippen LogP contribution in [0, 0.1) is 31.6 Å². The summed E-state index contributed by atoms with van der Waals surface area (Å²) in [6, 6.07) is 5.08. The molecule has 6 atom stereocenters. The zero-order chi connectivity index (χ0) is 29.9. The molecule has 0 radical (unpaired) electrons. The third-order valence-electron chi connectivity index (χ3n) is 9.39. The van der Waals surface area contributed by atoms with E-state index in [-0.39, 0.29) is 37.5 Å². The van der Waals surface area contributed by atoms with E-state index >= 15 is 0 Å². The Balaban J connectivity index is 1.76. The number of anilines is 1. The number of unbranched alkanes of at least 4 members (excludes halogenated alkanes) is 3. The third-order valence-corrected chi connectivity index (χ3v) is 9.39. The van der Waals surface area contributed by atoms with E-state index in [4.69, 9.17) is 9.47 Å². The molecule has 3 unspecified atom stereocenters. The van der Waals surface area contributed by atoms with Crippen molar-refractivity contribution < 1.29 is 29.0 Å². The van der Waals surface area contributed by atoms with Crippen molar-refractivity contribution >= 4 is 23.5 Å². The van der Waals surface area contributed by atoms with Crippen molar-refractivity contribution in [1.29, 1.82) is 0 Å². The predicted molar refractivity (Wildman–Crippen MR) is 158 cm³/mol. The zero-order valence-electron chi connectivity index (χ0n) is 25.1. The lowest BCUT2D eigenvalue weighted by atomic mass is 9.62. The molecule has 3 aliphatic heterocycles. The summed E-state index contributed by atoms with van der Waals surface area (Å²) in [6.07, 6.45) is 7.32. The Morgan fingerprint density at radius 1 is 1.20 bits per heavy atom. The molecule has 2 amide bonds. The summed E-state index contributed by atoms with van der Waals surface area (Å²) in [4.78, 5) is 46.0. The first-order valence-corrected chi connectivity index (χ1v) is 15.0. The molecule has 3 aliphatic rings. The molecule has 8 nitrogen and oxygen atoms in total. The Hall–Kier alpha value is -2.97. The fraction of sp³-hybridized carbons (Fsp3) is 0.606. The van der Waals surface area contributed by atoms with Gasteiger partial charge in [-0.25, -0.2) is 0 Å². The molecule has 1 aromatic carbocycles. The van der Waals surface area contributed by atoms with Gasteiger partial charge in [-0.1, -0.05) is 31.2 Å². The van der Waals surface area contributed by atoms with Gasteiger partial charge in [0.15, 0.2) is 0 Å². The molecule has 224 valence electrons. The average molecular weight is 567 g/mol. The summed E-state index contributed by atoms with van der Waals surface area (Å²) in [5.41, 5.74) is 0.676. The van der Waals surface area contributed by atoms with Crippen LogP contribution >= 0.6 is 0 Å². The van der Waals surface area contributed by atoms with Crippen molar-refractivity contribution in [2.45, 2.75) is 83.5 Å². The van der Waals surface area contributed by atoms with E-state index in [2.05, 4.69) is 13.2 Å². The smallest absolute Gasteiger partial charge is 0.312 e. The van der Waals surface area contributed by atoms with Crippen LogP contribution in [0.3, 0.4) is 0 Å². The van der Waals surface area contributed by atoms with Crippen molar-refractivity contribution in [3.63, 3.8) is 0 Å². The molecular formula is C33H46N2O6. The topological polar surface area (TPSA) is 96.4 Å². The molecule has 4 rings (SSSR count). The second-order valence-electron chi connectivity index (χ2n) is 12.1. The number of amides is 2. The van der Waals surface area contributed by atoms with Gasteiger partial charge in [-0.15, -0.1) is 13.2 Å². The SMILES string of the molecule is C=CCCCOC(=O)[C@@H]1[C@H]2C(=O)N(CCCCCO)C(C(=O)N(CC=C)c3cc(C)ccc3C)C23CC(C)[C@@]1(C)O3. The number of benzene rings is 1. The van der Waals surface area contributed by atoms with Crippen LogP contribution in [0.2, 0.25) is 0 Å². The second kappa shape index (κ2) is 12.5. The van der Waals surface area contributed by atoms with Gasteiger partial charge in [0.1, 0.15) is 17.6 Å². The normalized spacial score (nSPS) is 29.9. The minimum atomic E-state index is -1.14. The molecule has 0 aromatic heterocycles. The van der Waals surface area contributed by atoms with Crippen molar-refractivity contribution in [2.24, 2.45) is 17.8 Å². The number of hydrogen-bond acceptors (Lipinski definition) is 6. The van der Waals surface area contributed by atoms with Crippen molar-refractivity contribution in [3.05, 3.63) is 54.6 Å². The summed E-state index contributed by atoms with van der Waals surface area (Å²) in [5, 5.41) is 9.30. The number of allylic oxidation sites excluding steroid dienone is 1. The molecule has 2 bridgehead atoms. The van der Waals surface area contributed by atoms with E-state index in [1.165, 1.54) is 0 Å². The number of aryl methyl sites for hydroxylation is 2. The molecule has 0 aliphatic carbocycles. The van der Waals surface area contributed by atoms with Gasteiger partial charge in [0.05, 0.1) is 18.1 Å². The van der Waals surface area contributed by atoms with Crippen LogP contribution in [0.5, 0.6) is 0 Å². The number of carbonyl (C=O) groups excluding carboxylic acids is 3. The summed E-state index contributed by atoms with van der Waals surface area (Å²) < 4.78 is 12.5. The third kappa shape index (κ3) is 5.37. The Labute approximate surface area is 244 Å². The van der Waals surface area contributed by atoms with Crippen molar-refractivity contribution in [3.8, 4) is 0 Å². The molecule has 41 heavy (non-hydrogen) atoms. The van der Waals surface area contributed by atoms with E-state index in [0.29, 0.717) is 32.2 Å². The fourth-order valence-corrected chi connectivity index (χ4v) is 7.27. The van der Waals surface area contributed by atoms with Crippen LogP contribution in [0.1, 0.15) is 63.5 Å². The van der Waals surface area contributed by atoms with Crippen molar-refractivity contribution in [2.75, 3.05) is 31.2 Å². The van der Waals surface area contributed by atoms with E-state index in [9.17, 15) is 19.5 Å². The number of fused-ring (bicyclic) bond motifs is 1. The van der Waals surface area contributed by atoms with E-state index in [0.717, 1.165) is 29.7 Å². The van der Waals surface area contributed by atoms with Crippen LogP contribution in [0.4, 0.5) is 5.69 Å². The van der Waals surface area contributed by atoms with Gasteiger partial charge >= 0.3 is 5.97 Å². The minimum absolute atomic E-state index is 0.0597. The highest BCUT2D eigenvalue weighted by atomic mass is 16.6. The van der Waals surface area contributed by atoms with Gasteiger partial charge in [-0.2, -0.15) is 0 Å². The molecular weight excluding hydrogens is 520 g/mol. The standard InChI is InChI=1S/C33H46N2O6/c1-7-9-13-19-40-31(39)27-26-29(37)35(17-11-10-12-18-36)28(33(26)21-24(5)32(27,6)41-33)30(38)34(16-8-2)25-20-22(3)14-15-23(25)4/h7-8,14-15,20,24,26-28,36H,1-2,9-13,16-19,21H2,3-6H3/t24?,26-,27-,28?,32+,33?/m0/s1. The van der Waals surface area contributed by atoms with Crippen LogP contribution in [-0.4, -0.2) is 71.3 Å². The first kappa shape index (κ1) is 31.0. The number of carbonyl (C=O) groups is 3. The first-order valence-electron chi connectivity index (χ1n) is 15.0. The van der Waals surface area contributed by atoms with E-state index in [1.54, 1.807) is 22.0 Å². The zero-order valence-corrected chi connectivity index (χ0v) is 25.1. The maximum atomic E-state index is 14.7. The maximum absolute atomic E-state index is 14.7. The highest BCUT2D eigenvalue weighted by Gasteiger charge is 2.80. The minimum Gasteiger partial charge on any atom is -0.465 e. The summed E-state index contributed by atoms with van der Waals surface area (Å²) >= 11 is 0. The number of likely N-dealkylation sites (tertiary alicyclic amines) is 1. The Kier molecular flexibility index (Phi) is 9.44. The lowest BCUT2D eigenvalue weighted by Crippen LogP contribution is -2.57. The highest BCUT2D eigenvalue weighted by Crippen LogP contribution is 2.65. The van der Waals surface area contributed by atoms with Gasteiger partial charge in [-0.05, 0) is 82.4 Å².